The highest BCUT2D eigenvalue weighted by Crippen LogP contribution is 2.08. The molecule has 4 rings (SSSR count). The minimum absolute atomic E-state index is 0.0822. The molecule has 0 radical (unpaired) electrons. The van der Waals surface area contributed by atoms with Crippen molar-refractivity contribution in [3.8, 4) is 0 Å². The molecule has 0 spiro atoms. The molecule has 42 heavy (non-hydrogen) atoms. The van der Waals surface area contributed by atoms with Crippen molar-refractivity contribution in [1.82, 2.24) is 10.6 Å². The monoisotopic (exact) mass is 631 g/mol. The van der Waals surface area contributed by atoms with Crippen LogP contribution in [-0.4, -0.2) is 69.6 Å². The maximum atomic E-state index is 10.5. The average molecular weight is 632 g/mol. The zero-order valence-electron chi connectivity index (χ0n) is 24.1. The fourth-order valence-corrected chi connectivity index (χ4v) is 3.01. The summed E-state index contributed by atoms with van der Waals surface area (Å²) in [5.41, 5.74) is 13.5. The van der Waals surface area contributed by atoms with Crippen molar-refractivity contribution in [3.63, 3.8) is 0 Å². The van der Waals surface area contributed by atoms with Crippen LogP contribution in [0.1, 0.15) is 36.8 Å². The van der Waals surface area contributed by atoms with Crippen molar-refractivity contribution >= 4 is 33.8 Å². The molecule has 2 aliphatic heterocycles. The number of primary amides is 2. The second-order valence-corrected chi connectivity index (χ2v) is 9.11. The van der Waals surface area contributed by atoms with E-state index in [-0.39, 0.29) is 17.7 Å². The third-order valence-corrected chi connectivity index (χ3v) is 4.94. The average Bonchev–Trinajstić information content (AvgIpc) is 2.96. The van der Waals surface area contributed by atoms with Crippen molar-refractivity contribution in [2.45, 2.75) is 39.5 Å². The summed E-state index contributed by atoms with van der Waals surface area (Å²) in [6, 6.07) is 20.5. The summed E-state index contributed by atoms with van der Waals surface area (Å²) in [6.07, 6.45) is 5.57. The Hall–Kier alpha value is -3.47. The number of carbonyl (C=O) groups is 2. The van der Waals surface area contributed by atoms with Gasteiger partial charge in [0.1, 0.15) is 0 Å². The first-order chi connectivity index (χ1) is 19.9. The number of amides is 2. The van der Waals surface area contributed by atoms with Crippen LogP contribution in [0.3, 0.4) is 0 Å². The van der Waals surface area contributed by atoms with Gasteiger partial charge < -0.3 is 36.3 Å². The quantitative estimate of drug-likeness (QED) is 0.257. The van der Waals surface area contributed by atoms with Gasteiger partial charge in [-0.05, 0) is 46.1 Å². The van der Waals surface area contributed by atoms with Crippen LogP contribution in [0, 0.1) is 19.8 Å². The van der Waals surface area contributed by atoms with E-state index in [1.165, 1.54) is 11.1 Å². The first-order valence-corrected chi connectivity index (χ1v) is 14.6. The van der Waals surface area contributed by atoms with Crippen molar-refractivity contribution in [2.75, 3.05) is 26.7 Å². The molecule has 2 aromatic rings. The number of nitrogens with two attached hydrogens (primary N) is 2. The summed E-state index contributed by atoms with van der Waals surface area (Å²) >= 11 is -2.86. The third-order valence-electron chi connectivity index (χ3n) is 4.94. The van der Waals surface area contributed by atoms with Gasteiger partial charge in [-0.25, -0.2) is 4.21 Å². The maximum Gasteiger partial charge on any atom is 0.425 e. The number of hydrogen-bond acceptors (Lipinski definition) is 10. The van der Waals surface area contributed by atoms with Crippen LogP contribution in [0.5, 0.6) is 0 Å². The molecule has 13 nitrogen and oxygen atoms in total. The number of hydrogen-bond donors (Lipinski definition) is 6. The predicted molar refractivity (Wildman–Crippen MR) is 161 cm³/mol. The van der Waals surface area contributed by atoms with Crippen molar-refractivity contribution < 1.29 is 40.6 Å². The number of nitrogens with one attached hydrogen (secondary N) is 2. The van der Waals surface area contributed by atoms with Gasteiger partial charge in [0, 0.05) is 32.0 Å². The lowest BCUT2D eigenvalue weighted by molar-refractivity contribution is -0.122. The van der Waals surface area contributed by atoms with Gasteiger partial charge in [0.25, 0.3) is 0 Å². The molecule has 1 saturated heterocycles. The highest BCUT2D eigenvalue weighted by molar-refractivity contribution is 7.73. The number of benzene rings is 2. The van der Waals surface area contributed by atoms with E-state index in [0.717, 1.165) is 52.4 Å². The molecule has 2 atom stereocenters. The van der Waals surface area contributed by atoms with Gasteiger partial charge in [0.2, 0.25) is 11.8 Å². The number of rotatable bonds is 2. The molecule has 1 unspecified atom stereocenters. The largest absolute Gasteiger partial charge is 0.750 e. The van der Waals surface area contributed by atoms with Crippen LogP contribution < -0.4 is 22.1 Å². The van der Waals surface area contributed by atoms with Crippen molar-refractivity contribution in [3.05, 3.63) is 83.6 Å². The van der Waals surface area contributed by atoms with Crippen LogP contribution in [0.4, 0.5) is 0 Å². The summed E-state index contributed by atoms with van der Waals surface area (Å²) < 4.78 is 49.4. The fourth-order valence-electron chi connectivity index (χ4n) is 3.01. The van der Waals surface area contributed by atoms with E-state index >= 15 is 0 Å². The van der Waals surface area contributed by atoms with E-state index in [4.69, 9.17) is 42.5 Å². The van der Waals surface area contributed by atoms with Crippen LogP contribution in [-0.2, 0) is 31.6 Å². The summed E-state index contributed by atoms with van der Waals surface area (Å²) in [5.74, 6) is -0.386. The molecule has 0 saturated carbocycles. The molecule has 0 bridgehead atoms. The number of aliphatic hydroxyl groups is 1. The molecule has 2 amide bonds. The third kappa shape index (κ3) is 34.6. The summed E-state index contributed by atoms with van der Waals surface area (Å²) in [5, 5.41) is 13.1. The van der Waals surface area contributed by atoms with Gasteiger partial charge in [-0.3, -0.25) is 9.59 Å². The minimum atomic E-state index is -3.11. The SMILES string of the molecule is CO.Cc1ccccc1.Cc1ccccc1.NC(=O)C1=CNCCC1.NC(=O)[C@@H]1CCCNC1.O=S(=O)=O.O=S([O-])O. The lowest BCUT2D eigenvalue weighted by atomic mass is 9.99. The Balaban J connectivity index is -0.000000440. The molecule has 8 N–H and O–H groups in total. The molecule has 238 valence electrons. The molecule has 1 fully saturated rings. The second kappa shape index (κ2) is 30.5. The molecule has 2 aliphatic rings. The lowest BCUT2D eigenvalue weighted by Gasteiger charge is -2.18. The standard InChI is InChI=1S/2C7H8.C6H12N2O.C6H10N2O.CH4O.H2O3S.O3S/c2*1-7-5-3-2-4-6-7;2*7-6(9)5-2-1-3-8-4-5;1-2;2*1-4(2)3/h2*2-6H,1H3;5,8H,1-4H2,(H2,7,9);4,8H,1-3H2,(H2,7,9);2H,1H3;(H2,1,2,3);/p-1/t;;5-;;;;/m..1..../s1. The Morgan fingerprint density at radius 1 is 0.857 bits per heavy atom. The first-order valence-electron chi connectivity index (χ1n) is 12.6. The van der Waals surface area contributed by atoms with Gasteiger partial charge >= 0.3 is 10.6 Å². The predicted octanol–water partition coefficient (Wildman–Crippen LogP) is 1.14. The summed E-state index contributed by atoms with van der Waals surface area (Å²) in [7, 11) is -2.11. The van der Waals surface area contributed by atoms with E-state index < -0.39 is 22.0 Å². The Labute approximate surface area is 252 Å². The van der Waals surface area contributed by atoms with Crippen LogP contribution in [0.2, 0.25) is 0 Å². The van der Waals surface area contributed by atoms with Gasteiger partial charge in [-0.2, -0.15) is 0 Å². The highest BCUT2D eigenvalue weighted by atomic mass is 32.2. The summed E-state index contributed by atoms with van der Waals surface area (Å²) in [6.45, 7) is 6.93. The smallest absolute Gasteiger partial charge is 0.425 e. The van der Waals surface area contributed by atoms with E-state index in [2.05, 4.69) is 48.7 Å². The fraction of sp³-hybridized carbons (Fsp3) is 0.407. The van der Waals surface area contributed by atoms with E-state index in [1.54, 1.807) is 6.20 Å². The van der Waals surface area contributed by atoms with Crippen molar-refractivity contribution in [2.24, 2.45) is 17.4 Å². The number of piperidine rings is 1. The van der Waals surface area contributed by atoms with Crippen LogP contribution in [0.15, 0.2) is 72.4 Å². The molecular formula is C27H43N4O9S2-. The number of aliphatic hydroxyl groups excluding tert-OH is 1. The minimum Gasteiger partial charge on any atom is -0.750 e. The topological polar surface area (TPSA) is 242 Å². The molecule has 0 aromatic heterocycles. The molecule has 2 aromatic carbocycles. The van der Waals surface area contributed by atoms with Gasteiger partial charge in [0.05, 0.1) is 17.3 Å². The maximum absolute atomic E-state index is 10.5. The second-order valence-electron chi connectivity index (χ2n) is 8.27. The highest BCUT2D eigenvalue weighted by Gasteiger charge is 2.17. The van der Waals surface area contributed by atoms with E-state index in [0.29, 0.717) is 5.57 Å². The molecule has 0 aliphatic carbocycles. The molecule has 2 heterocycles. The van der Waals surface area contributed by atoms with Crippen molar-refractivity contribution in [1.29, 1.82) is 0 Å². The number of aryl methyl sites for hydroxylation is 2. The Morgan fingerprint density at radius 2 is 1.29 bits per heavy atom. The van der Waals surface area contributed by atoms with Crippen LogP contribution >= 0.6 is 0 Å². The first kappa shape index (κ1) is 43.0. The number of carbonyl (C=O) groups excluding carboxylic acids is 2. The van der Waals surface area contributed by atoms with Gasteiger partial charge in [-0.1, -0.05) is 71.8 Å². The zero-order valence-corrected chi connectivity index (χ0v) is 25.7. The molecular weight excluding hydrogens is 588 g/mol. The summed E-state index contributed by atoms with van der Waals surface area (Å²) in [4.78, 5) is 21.0. The Bertz CT molecular complexity index is 1070. The lowest BCUT2D eigenvalue weighted by Crippen LogP contribution is -2.37. The molecule has 15 heteroatoms. The zero-order chi connectivity index (χ0) is 32.8. The Kier molecular flexibility index (Phi) is 31.2. The van der Waals surface area contributed by atoms with E-state index in [1.807, 2.05) is 36.4 Å². The van der Waals surface area contributed by atoms with Gasteiger partial charge in [0.15, 0.2) is 0 Å². The van der Waals surface area contributed by atoms with Gasteiger partial charge in [-0.15, -0.1) is 12.6 Å². The van der Waals surface area contributed by atoms with Crippen LogP contribution in [0.25, 0.3) is 0 Å². The Morgan fingerprint density at radius 3 is 1.48 bits per heavy atom. The normalized spacial score (nSPS) is 14.9. The van der Waals surface area contributed by atoms with E-state index in [9.17, 15) is 9.59 Å².